The van der Waals surface area contributed by atoms with E-state index < -0.39 is 5.60 Å². The maximum absolute atomic E-state index is 12.1. The van der Waals surface area contributed by atoms with Crippen molar-refractivity contribution in [3.05, 3.63) is 11.5 Å². The molecule has 2 heterocycles. The fourth-order valence-corrected chi connectivity index (χ4v) is 2.94. The summed E-state index contributed by atoms with van der Waals surface area (Å²) >= 11 is 0. The highest BCUT2D eigenvalue weighted by Crippen LogP contribution is 2.47. The van der Waals surface area contributed by atoms with Gasteiger partial charge in [-0.05, 0) is 46.4 Å². The van der Waals surface area contributed by atoms with E-state index in [1.807, 2.05) is 20.8 Å². The Hall–Kier alpha value is -0.900. The lowest BCUT2D eigenvalue weighted by Gasteiger charge is -2.34. The fourth-order valence-electron chi connectivity index (χ4n) is 2.94. The zero-order valence-electron chi connectivity index (χ0n) is 15.2. The molecular weight excluding hydrogens is 276 g/mol. The second-order valence-corrected chi connectivity index (χ2v) is 8.66. The van der Waals surface area contributed by atoms with Crippen LogP contribution in [0.15, 0.2) is 11.5 Å². The summed E-state index contributed by atoms with van der Waals surface area (Å²) in [6.45, 7) is 16.1. The van der Waals surface area contributed by atoms with E-state index in [4.69, 9.17) is 9.39 Å². The molecule has 0 N–H and O–H groups in total. The molecule has 122 valence electrons. The average molecular weight is 305 g/mol. The molecule has 0 radical (unpaired) electrons. The minimum Gasteiger partial charge on any atom is -0.444 e. The zero-order valence-corrected chi connectivity index (χ0v) is 15.2. The van der Waals surface area contributed by atoms with Crippen LogP contribution in [0.4, 0.5) is 4.79 Å². The Balaban J connectivity index is 1.97. The van der Waals surface area contributed by atoms with Crippen molar-refractivity contribution in [3.63, 3.8) is 0 Å². The van der Waals surface area contributed by atoms with Crippen LogP contribution in [0.3, 0.4) is 0 Å². The van der Waals surface area contributed by atoms with Gasteiger partial charge in [0, 0.05) is 18.7 Å². The summed E-state index contributed by atoms with van der Waals surface area (Å²) in [5.41, 5.74) is 0.781. The van der Waals surface area contributed by atoms with Gasteiger partial charge in [0.15, 0.2) is 0 Å². The van der Waals surface area contributed by atoms with Crippen molar-refractivity contribution in [3.8, 4) is 0 Å². The molecule has 0 aliphatic carbocycles. The topological polar surface area (TPSA) is 38.8 Å². The summed E-state index contributed by atoms with van der Waals surface area (Å²) in [6.07, 6.45) is 2.79. The summed E-state index contributed by atoms with van der Waals surface area (Å²) in [5, 5.41) is 0.167. The first-order valence-corrected chi connectivity index (χ1v) is 8.26. The van der Waals surface area contributed by atoms with E-state index in [1.54, 1.807) is 4.90 Å². The average Bonchev–Trinajstić information content (AvgIpc) is 2.56. The van der Waals surface area contributed by atoms with Crippen LogP contribution in [0.25, 0.3) is 0 Å². The van der Waals surface area contributed by atoms with Gasteiger partial charge in [0.25, 0.3) is 6.81 Å². The minimum absolute atomic E-state index is 0.110. The predicted octanol–water partition coefficient (Wildman–Crippen LogP) is 3.02. The Kier molecular flexibility index (Phi) is 4.46. The van der Waals surface area contributed by atoms with Crippen molar-refractivity contribution < 1.29 is 14.2 Å². The lowest BCUT2D eigenvalue weighted by molar-refractivity contribution is 0.0265. The van der Waals surface area contributed by atoms with Gasteiger partial charge in [-0.15, -0.1) is 0 Å². The van der Waals surface area contributed by atoms with E-state index in [2.05, 4.69) is 33.8 Å². The Labute approximate surface area is 135 Å². The van der Waals surface area contributed by atoms with Crippen LogP contribution in [-0.2, 0) is 9.39 Å². The first-order chi connectivity index (χ1) is 9.91. The number of nitrogens with zero attached hydrogens (tertiary/aromatic N) is 1. The third-order valence-corrected chi connectivity index (χ3v) is 5.07. The lowest BCUT2D eigenvalue weighted by atomic mass is 9.23. The Bertz CT molecular complexity index is 464. The summed E-state index contributed by atoms with van der Waals surface area (Å²) in [7, 11) is 1.04. The minimum atomic E-state index is -0.441. The summed E-state index contributed by atoms with van der Waals surface area (Å²) in [6, 6.07) is 0. The van der Waals surface area contributed by atoms with Crippen LogP contribution in [-0.4, -0.2) is 49.3 Å². The van der Waals surface area contributed by atoms with Gasteiger partial charge in [-0.2, -0.15) is 0 Å². The highest BCUT2D eigenvalue weighted by Gasteiger charge is 2.51. The Morgan fingerprint density at radius 2 is 2.00 bits per heavy atom. The van der Waals surface area contributed by atoms with Crippen LogP contribution < -0.4 is 0 Å². The fraction of sp³-hybridized carbons (Fsp3) is 0.812. The number of ether oxygens (including phenoxy) is 1. The van der Waals surface area contributed by atoms with Gasteiger partial charge < -0.3 is 14.3 Å². The van der Waals surface area contributed by atoms with E-state index >= 15 is 0 Å². The highest BCUT2D eigenvalue weighted by atomic mass is 16.6. The maximum atomic E-state index is 12.1. The normalized spacial score (nSPS) is 23.9. The molecule has 0 atom stereocenters. The number of hydrogen-bond acceptors (Lipinski definition) is 3. The molecule has 2 rings (SSSR count). The molecule has 0 aromatic heterocycles. The van der Waals surface area contributed by atoms with Crippen molar-refractivity contribution in [2.75, 3.05) is 13.1 Å². The molecule has 22 heavy (non-hydrogen) atoms. The molecule has 0 saturated carbocycles. The second-order valence-electron chi connectivity index (χ2n) is 8.66. The smallest absolute Gasteiger partial charge is 0.410 e. The van der Waals surface area contributed by atoms with Gasteiger partial charge in [0.2, 0.25) is 0 Å². The Morgan fingerprint density at radius 3 is 2.41 bits per heavy atom. The molecule has 0 aromatic carbocycles. The van der Waals surface area contributed by atoms with Gasteiger partial charge in [-0.1, -0.05) is 25.4 Å². The SMILES string of the molecule is CC(C)(C)OC(=O)N1CC=C(B2BC(C)(C)C(C)(C)O2)CC1. The second kappa shape index (κ2) is 5.63. The van der Waals surface area contributed by atoms with Crippen molar-refractivity contribution >= 4 is 20.1 Å². The molecule has 0 unspecified atom stereocenters. The van der Waals surface area contributed by atoms with Crippen molar-refractivity contribution in [2.45, 2.75) is 71.4 Å². The molecule has 0 bridgehead atoms. The number of carbonyl (C=O) groups is 1. The number of hydrogen-bond donors (Lipinski definition) is 0. The monoisotopic (exact) mass is 305 g/mol. The molecule has 1 amide bonds. The van der Waals surface area contributed by atoms with Crippen LogP contribution in [0.2, 0.25) is 5.31 Å². The van der Waals surface area contributed by atoms with Crippen LogP contribution in [0.1, 0.15) is 54.9 Å². The standard InChI is InChI=1S/C16H29B2NO3/c1-14(2,3)21-13(20)19-10-8-12(9-11-19)18-17-15(4,5)16(6,7)22-18/h8,17H,9-11H2,1-7H3. The van der Waals surface area contributed by atoms with Gasteiger partial charge in [-0.25, -0.2) is 4.79 Å². The van der Waals surface area contributed by atoms with Gasteiger partial charge in [0.1, 0.15) is 12.8 Å². The first kappa shape index (κ1) is 17.5. The predicted molar refractivity (Wildman–Crippen MR) is 92.6 cm³/mol. The summed E-state index contributed by atoms with van der Waals surface area (Å²) < 4.78 is 11.7. The van der Waals surface area contributed by atoms with Crippen LogP contribution in [0, 0.1) is 0 Å². The molecule has 1 saturated heterocycles. The molecule has 4 nitrogen and oxygen atoms in total. The third kappa shape index (κ3) is 3.70. The molecule has 0 spiro atoms. The van der Waals surface area contributed by atoms with Crippen LogP contribution in [0.5, 0.6) is 0 Å². The molecule has 2 aliphatic heterocycles. The van der Waals surface area contributed by atoms with E-state index in [0.717, 1.165) is 13.6 Å². The molecule has 2 aliphatic rings. The van der Waals surface area contributed by atoms with Crippen molar-refractivity contribution in [2.24, 2.45) is 0 Å². The first-order valence-electron chi connectivity index (χ1n) is 8.26. The van der Waals surface area contributed by atoms with Crippen molar-refractivity contribution in [1.29, 1.82) is 0 Å². The van der Waals surface area contributed by atoms with E-state index in [-0.39, 0.29) is 23.8 Å². The molecule has 6 heteroatoms. The third-order valence-electron chi connectivity index (χ3n) is 5.07. The van der Waals surface area contributed by atoms with Crippen LogP contribution >= 0.6 is 0 Å². The number of carbonyl (C=O) groups excluding carboxylic acids is 1. The summed E-state index contributed by atoms with van der Waals surface area (Å²) in [4.78, 5) is 13.9. The van der Waals surface area contributed by atoms with Gasteiger partial charge >= 0.3 is 6.09 Å². The number of amides is 1. The highest BCUT2D eigenvalue weighted by molar-refractivity contribution is 7.15. The Morgan fingerprint density at radius 1 is 1.36 bits per heavy atom. The summed E-state index contributed by atoms with van der Waals surface area (Å²) in [5.74, 6) is 0. The quantitative estimate of drug-likeness (QED) is 0.699. The van der Waals surface area contributed by atoms with E-state index in [1.165, 1.54) is 5.47 Å². The maximum Gasteiger partial charge on any atom is 0.410 e. The van der Waals surface area contributed by atoms with E-state index in [0.29, 0.717) is 13.1 Å². The molecular formula is C16H29B2NO3. The van der Waals surface area contributed by atoms with E-state index in [9.17, 15) is 4.79 Å². The molecule has 1 fully saturated rings. The lowest BCUT2D eigenvalue weighted by Crippen LogP contribution is -2.41. The van der Waals surface area contributed by atoms with Gasteiger partial charge in [0.05, 0.1) is 0 Å². The largest absolute Gasteiger partial charge is 0.444 e. The van der Waals surface area contributed by atoms with Crippen molar-refractivity contribution in [1.82, 2.24) is 4.90 Å². The molecule has 0 aromatic rings. The number of rotatable bonds is 1. The zero-order chi connectivity index (χ0) is 16.8. The van der Waals surface area contributed by atoms with Gasteiger partial charge in [-0.3, -0.25) is 0 Å².